The molecule has 0 aliphatic heterocycles. The summed E-state index contributed by atoms with van der Waals surface area (Å²) >= 11 is 6.24. The molecule has 0 bridgehead atoms. The Kier molecular flexibility index (Phi) is 2.50. The third kappa shape index (κ3) is 1.73. The molecule has 5 heteroatoms. The van der Waals surface area contributed by atoms with E-state index < -0.39 is 11.4 Å². The standard InChI is InChI=1S/C16H7ClFNO2/c17-15-13-9-3-1-2-4-12(9)21-16(20)14(13)10-7-8(18)5-6-11(10)19-15/h1-7H. The van der Waals surface area contributed by atoms with E-state index in [4.69, 9.17) is 16.0 Å². The van der Waals surface area contributed by atoms with E-state index in [0.717, 1.165) is 0 Å². The largest absolute Gasteiger partial charge is 0.422 e. The van der Waals surface area contributed by atoms with Gasteiger partial charge in [-0.15, -0.1) is 0 Å². The van der Waals surface area contributed by atoms with Gasteiger partial charge in [-0.05, 0) is 24.3 Å². The lowest BCUT2D eigenvalue weighted by Gasteiger charge is -2.07. The fourth-order valence-electron chi connectivity index (χ4n) is 2.58. The number of rotatable bonds is 0. The predicted molar refractivity (Wildman–Crippen MR) is 80.3 cm³/mol. The van der Waals surface area contributed by atoms with Crippen LogP contribution in [0.2, 0.25) is 5.15 Å². The van der Waals surface area contributed by atoms with Gasteiger partial charge in [0.05, 0.1) is 10.9 Å². The van der Waals surface area contributed by atoms with Gasteiger partial charge in [0.15, 0.2) is 0 Å². The Labute approximate surface area is 122 Å². The van der Waals surface area contributed by atoms with Crippen LogP contribution in [0, 0.1) is 5.82 Å². The van der Waals surface area contributed by atoms with Crippen molar-refractivity contribution in [1.29, 1.82) is 0 Å². The fourth-order valence-corrected chi connectivity index (χ4v) is 2.86. The molecule has 0 saturated heterocycles. The Morgan fingerprint density at radius 2 is 1.86 bits per heavy atom. The maximum absolute atomic E-state index is 13.5. The Hall–Kier alpha value is -2.46. The molecule has 0 unspecified atom stereocenters. The topological polar surface area (TPSA) is 43.1 Å². The number of hydrogen-bond donors (Lipinski definition) is 0. The van der Waals surface area contributed by atoms with Crippen LogP contribution in [-0.2, 0) is 0 Å². The smallest absolute Gasteiger partial charge is 0.344 e. The van der Waals surface area contributed by atoms with Crippen molar-refractivity contribution >= 4 is 44.2 Å². The first kappa shape index (κ1) is 12.3. The van der Waals surface area contributed by atoms with Crippen molar-refractivity contribution in [1.82, 2.24) is 4.98 Å². The predicted octanol–water partition coefficient (Wildman–Crippen LogP) is 4.29. The Morgan fingerprint density at radius 3 is 2.71 bits per heavy atom. The van der Waals surface area contributed by atoms with Crippen LogP contribution in [-0.4, -0.2) is 4.98 Å². The van der Waals surface area contributed by atoms with Gasteiger partial charge in [0.1, 0.15) is 16.6 Å². The Morgan fingerprint density at radius 1 is 1.05 bits per heavy atom. The number of fused-ring (bicyclic) bond motifs is 5. The molecule has 4 rings (SSSR count). The van der Waals surface area contributed by atoms with Crippen LogP contribution in [0.4, 0.5) is 4.39 Å². The molecule has 0 radical (unpaired) electrons. The molecule has 3 nitrogen and oxygen atoms in total. The van der Waals surface area contributed by atoms with Gasteiger partial charge in [-0.25, -0.2) is 14.2 Å². The Balaban J connectivity index is 2.41. The minimum absolute atomic E-state index is 0.202. The monoisotopic (exact) mass is 299 g/mol. The molecule has 0 N–H and O–H groups in total. The van der Waals surface area contributed by atoms with Crippen molar-refractivity contribution < 1.29 is 8.81 Å². The summed E-state index contributed by atoms with van der Waals surface area (Å²) in [7, 11) is 0. The second-order valence-electron chi connectivity index (χ2n) is 4.70. The molecule has 4 aromatic rings. The van der Waals surface area contributed by atoms with Crippen molar-refractivity contribution in [3.05, 3.63) is 63.9 Å². The maximum Gasteiger partial charge on any atom is 0.344 e. The zero-order valence-electron chi connectivity index (χ0n) is 10.6. The van der Waals surface area contributed by atoms with Gasteiger partial charge in [0, 0.05) is 16.2 Å². The third-order valence-corrected chi connectivity index (χ3v) is 3.74. The molecule has 2 heterocycles. The number of nitrogens with zero attached hydrogens (tertiary/aromatic N) is 1. The molecule has 0 atom stereocenters. The van der Waals surface area contributed by atoms with Gasteiger partial charge in [0.25, 0.3) is 0 Å². The SMILES string of the molecule is O=c1oc2ccccc2c2c(Cl)nc3ccc(F)cc3c12. The molecule has 102 valence electrons. The summed E-state index contributed by atoms with van der Waals surface area (Å²) < 4.78 is 18.8. The van der Waals surface area contributed by atoms with Gasteiger partial charge in [-0.1, -0.05) is 29.8 Å². The van der Waals surface area contributed by atoms with Gasteiger partial charge >= 0.3 is 5.63 Å². The highest BCUT2D eigenvalue weighted by Crippen LogP contribution is 2.32. The number of halogens is 2. The van der Waals surface area contributed by atoms with Crippen LogP contribution < -0.4 is 5.63 Å². The minimum atomic E-state index is -0.552. The molecule has 0 saturated carbocycles. The minimum Gasteiger partial charge on any atom is -0.422 e. The van der Waals surface area contributed by atoms with Crippen LogP contribution >= 0.6 is 11.6 Å². The Bertz CT molecular complexity index is 1090. The van der Waals surface area contributed by atoms with Crippen molar-refractivity contribution in [2.45, 2.75) is 0 Å². The molecule has 0 aliphatic carbocycles. The van der Waals surface area contributed by atoms with Crippen molar-refractivity contribution in [3.8, 4) is 0 Å². The summed E-state index contributed by atoms with van der Waals surface area (Å²) in [5, 5.41) is 2.02. The lowest BCUT2D eigenvalue weighted by atomic mass is 10.1. The summed E-state index contributed by atoms with van der Waals surface area (Å²) in [6, 6.07) is 11.1. The average molecular weight is 300 g/mol. The molecular weight excluding hydrogens is 293 g/mol. The summed E-state index contributed by atoms with van der Waals surface area (Å²) in [6.45, 7) is 0. The first-order chi connectivity index (χ1) is 10.1. The maximum atomic E-state index is 13.5. The van der Waals surface area contributed by atoms with E-state index in [1.54, 1.807) is 18.2 Å². The van der Waals surface area contributed by atoms with Crippen LogP contribution in [0.15, 0.2) is 51.7 Å². The van der Waals surface area contributed by atoms with Gasteiger partial charge < -0.3 is 4.42 Å². The number of benzene rings is 2. The second-order valence-corrected chi connectivity index (χ2v) is 5.06. The van der Waals surface area contributed by atoms with Crippen LogP contribution in [0.1, 0.15) is 0 Å². The zero-order chi connectivity index (χ0) is 14.6. The molecule has 21 heavy (non-hydrogen) atoms. The second kappa shape index (κ2) is 4.27. The summed E-state index contributed by atoms with van der Waals surface area (Å²) in [5.74, 6) is -0.444. The quantitative estimate of drug-likeness (QED) is 0.276. The first-order valence-electron chi connectivity index (χ1n) is 6.25. The lowest BCUT2D eigenvalue weighted by Crippen LogP contribution is -2.02. The van der Waals surface area contributed by atoms with Crippen LogP contribution in [0.5, 0.6) is 0 Å². The van der Waals surface area contributed by atoms with E-state index in [2.05, 4.69) is 4.98 Å². The van der Waals surface area contributed by atoms with Crippen molar-refractivity contribution in [2.75, 3.05) is 0 Å². The normalized spacial score (nSPS) is 11.5. The van der Waals surface area contributed by atoms with Gasteiger partial charge in [0.2, 0.25) is 0 Å². The highest BCUT2D eigenvalue weighted by atomic mass is 35.5. The average Bonchev–Trinajstić information content (AvgIpc) is 2.47. The molecule has 0 spiro atoms. The zero-order valence-corrected chi connectivity index (χ0v) is 11.3. The molecule has 0 fully saturated rings. The van der Waals surface area contributed by atoms with E-state index in [1.807, 2.05) is 6.07 Å². The number of aromatic nitrogens is 1. The number of hydrogen-bond acceptors (Lipinski definition) is 3. The van der Waals surface area contributed by atoms with Gasteiger partial charge in [-0.2, -0.15) is 0 Å². The van der Waals surface area contributed by atoms with Gasteiger partial charge in [-0.3, -0.25) is 0 Å². The third-order valence-electron chi connectivity index (χ3n) is 3.47. The summed E-state index contributed by atoms with van der Waals surface area (Å²) in [5.41, 5.74) is 0.328. The van der Waals surface area contributed by atoms with Crippen LogP contribution in [0.3, 0.4) is 0 Å². The fraction of sp³-hybridized carbons (Fsp3) is 0. The summed E-state index contributed by atoms with van der Waals surface area (Å²) in [4.78, 5) is 16.5. The van der Waals surface area contributed by atoms with E-state index in [1.165, 1.54) is 18.2 Å². The molecule has 2 aromatic carbocycles. The first-order valence-corrected chi connectivity index (χ1v) is 6.63. The van der Waals surface area contributed by atoms with Crippen LogP contribution in [0.25, 0.3) is 32.6 Å². The highest BCUT2D eigenvalue weighted by molar-refractivity contribution is 6.38. The number of para-hydroxylation sites is 1. The number of pyridine rings is 1. The summed E-state index contributed by atoms with van der Waals surface area (Å²) in [6.07, 6.45) is 0. The van der Waals surface area contributed by atoms with Crippen molar-refractivity contribution in [3.63, 3.8) is 0 Å². The lowest BCUT2D eigenvalue weighted by molar-refractivity contribution is 0.570. The van der Waals surface area contributed by atoms with E-state index in [0.29, 0.717) is 27.3 Å². The molecular formula is C16H7ClFNO2. The highest BCUT2D eigenvalue weighted by Gasteiger charge is 2.15. The van der Waals surface area contributed by atoms with E-state index in [9.17, 15) is 9.18 Å². The molecule has 0 aliphatic rings. The van der Waals surface area contributed by atoms with E-state index in [-0.39, 0.29) is 10.5 Å². The molecule has 2 aromatic heterocycles. The van der Waals surface area contributed by atoms with E-state index >= 15 is 0 Å². The van der Waals surface area contributed by atoms with Crippen molar-refractivity contribution in [2.24, 2.45) is 0 Å². The molecule has 0 amide bonds.